The van der Waals surface area contributed by atoms with Crippen molar-refractivity contribution in [3.63, 3.8) is 0 Å². The summed E-state index contributed by atoms with van der Waals surface area (Å²) >= 11 is 15.4. The van der Waals surface area contributed by atoms with Crippen molar-refractivity contribution < 1.29 is 4.79 Å². The summed E-state index contributed by atoms with van der Waals surface area (Å²) < 4.78 is 0.871. The number of nitrogens with one attached hydrogen (secondary N) is 1. The number of halogens is 3. The topological polar surface area (TPSA) is 29.1 Å². The molecule has 5 heteroatoms. The van der Waals surface area contributed by atoms with Crippen LogP contribution in [0.5, 0.6) is 0 Å². The fourth-order valence-corrected chi connectivity index (χ4v) is 2.98. The molecule has 0 radical (unpaired) electrons. The molecular formula is C16H14BrCl2NO. The molecule has 0 heterocycles. The average molecular weight is 387 g/mol. The first kappa shape index (κ1) is 16.3. The van der Waals surface area contributed by atoms with E-state index in [1.54, 1.807) is 18.2 Å². The molecule has 1 N–H and O–H groups in total. The summed E-state index contributed by atoms with van der Waals surface area (Å²) in [4.78, 5) is 12.4. The quantitative estimate of drug-likeness (QED) is 0.735. The number of hydrogen-bond donors (Lipinski definition) is 1. The number of amides is 1. The Morgan fingerprint density at radius 3 is 2.57 bits per heavy atom. The maximum atomic E-state index is 12.4. The van der Waals surface area contributed by atoms with E-state index < -0.39 is 0 Å². The summed E-state index contributed by atoms with van der Waals surface area (Å²) in [5.74, 6) is -0.132. The highest BCUT2D eigenvalue weighted by Gasteiger charge is 2.15. The van der Waals surface area contributed by atoms with Gasteiger partial charge in [-0.3, -0.25) is 4.79 Å². The first-order valence-corrected chi connectivity index (χ1v) is 7.95. The second-order valence-electron chi connectivity index (χ2n) is 4.82. The molecule has 1 unspecified atom stereocenters. The maximum Gasteiger partial charge on any atom is 0.252 e. The Morgan fingerprint density at radius 1 is 1.19 bits per heavy atom. The van der Waals surface area contributed by atoms with Crippen molar-refractivity contribution in [3.05, 3.63) is 67.6 Å². The zero-order chi connectivity index (χ0) is 15.6. The molecule has 1 atom stereocenters. The molecule has 0 saturated carbocycles. The van der Waals surface area contributed by atoms with E-state index in [1.807, 2.05) is 32.0 Å². The van der Waals surface area contributed by atoms with Gasteiger partial charge in [0.1, 0.15) is 0 Å². The molecular weight excluding hydrogens is 373 g/mol. The Labute approximate surface area is 142 Å². The van der Waals surface area contributed by atoms with Gasteiger partial charge in [0.2, 0.25) is 0 Å². The zero-order valence-electron chi connectivity index (χ0n) is 11.6. The summed E-state index contributed by atoms with van der Waals surface area (Å²) in [6, 6.07) is 10.7. The van der Waals surface area contributed by atoms with Gasteiger partial charge < -0.3 is 5.32 Å². The predicted octanol–water partition coefficient (Wildman–Crippen LogP) is 5.56. The summed E-state index contributed by atoms with van der Waals surface area (Å²) in [6.45, 7) is 3.79. The van der Waals surface area contributed by atoms with Crippen LogP contribution in [0.3, 0.4) is 0 Å². The van der Waals surface area contributed by atoms with Gasteiger partial charge in [0.05, 0.1) is 6.04 Å². The number of rotatable bonds is 3. The van der Waals surface area contributed by atoms with E-state index in [1.165, 1.54) is 0 Å². The third kappa shape index (κ3) is 4.00. The van der Waals surface area contributed by atoms with Crippen molar-refractivity contribution in [2.75, 3.05) is 0 Å². The molecule has 0 aromatic heterocycles. The monoisotopic (exact) mass is 385 g/mol. The van der Waals surface area contributed by atoms with Gasteiger partial charge in [-0.25, -0.2) is 0 Å². The van der Waals surface area contributed by atoms with Crippen LogP contribution in [0, 0.1) is 6.92 Å². The van der Waals surface area contributed by atoms with Crippen LogP contribution in [-0.4, -0.2) is 5.91 Å². The first-order chi connectivity index (χ1) is 9.88. The van der Waals surface area contributed by atoms with Crippen LogP contribution < -0.4 is 5.32 Å². The Balaban J connectivity index is 2.20. The third-order valence-electron chi connectivity index (χ3n) is 3.22. The Morgan fingerprint density at radius 2 is 1.90 bits per heavy atom. The van der Waals surface area contributed by atoms with Gasteiger partial charge in [0.15, 0.2) is 0 Å². The normalized spacial score (nSPS) is 12.0. The molecule has 0 spiro atoms. The largest absolute Gasteiger partial charge is 0.345 e. The van der Waals surface area contributed by atoms with Crippen molar-refractivity contribution in [2.24, 2.45) is 0 Å². The van der Waals surface area contributed by atoms with E-state index >= 15 is 0 Å². The van der Waals surface area contributed by atoms with Crippen LogP contribution in [0.25, 0.3) is 0 Å². The van der Waals surface area contributed by atoms with Crippen molar-refractivity contribution >= 4 is 45.0 Å². The molecule has 0 fully saturated rings. The highest BCUT2D eigenvalue weighted by atomic mass is 79.9. The molecule has 2 nitrogen and oxygen atoms in total. The van der Waals surface area contributed by atoms with Crippen molar-refractivity contribution in [1.29, 1.82) is 0 Å². The van der Waals surface area contributed by atoms with Gasteiger partial charge in [0.25, 0.3) is 5.91 Å². The predicted molar refractivity (Wildman–Crippen MR) is 91.2 cm³/mol. The van der Waals surface area contributed by atoms with Crippen LogP contribution >= 0.6 is 39.1 Å². The summed E-state index contributed by atoms with van der Waals surface area (Å²) in [5, 5.41) is 4.07. The molecule has 0 aliphatic heterocycles. The molecule has 110 valence electrons. The van der Waals surface area contributed by atoms with Crippen LogP contribution in [0.2, 0.25) is 10.0 Å². The van der Waals surface area contributed by atoms with E-state index in [4.69, 9.17) is 23.2 Å². The van der Waals surface area contributed by atoms with Crippen LogP contribution in [-0.2, 0) is 0 Å². The minimum atomic E-state index is -0.208. The molecule has 2 aromatic rings. The minimum absolute atomic E-state index is 0.132. The van der Waals surface area contributed by atoms with Gasteiger partial charge >= 0.3 is 0 Å². The van der Waals surface area contributed by atoms with E-state index in [9.17, 15) is 4.79 Å². The van der Waals surface area contributed by atoms with Gasteiger partial charge in [-0.2, -0.15) is 0 Å². The number of aryl methyl sites for hydroxylation is 1. The summed E-state index contributed by atoms with van der Waals surface area (Å²) in [5.41, 5.74) is 2.40. The zero-order valence-corrected chi connectivity index (χ0v) is 14.7. The molecule has 0 bridgehead atoms. The smallest absolute Gasteiger partial charge is 0.252 e. The highest BCUT2D eigenvalue weighted by molar-refractivity contribution is 9.10. The summed E-state index contributed by atoms with van der Waals surface area (Å²) in [7, 11) is 0. The number of benzene rings is 2. The average Bonchev–Trinajstić information content (AvgIpc) is 2.41. The molecule has 0 aliphatic rings. The van der Waals surface area contributed by atoms with Crippen molar-refractivity contribution in [2.45, 2.75) is 19.9 Å². The number of carbonyl (C=O) groups is 1. The lowest BCUT2D eigenvalue weighted by Gasteiger charge is -2.17. The van der Waals surface area contributed by atoms with Gasteiger partial charge in [0, 0.05) is 20.1 Å². The molecule has 0 saturated heterocycles. The number of carbonyl (C=O) groups excluding carboxylic acids is 1. The summed E-state index contributed by atoms with van der Waals surface area (Å²) in [6.07, 6.45) is 0. The molecule has 2 aromatic carbocycles. The lowest BCUT2D eigenvalue weighted by molar-refractivity contribution is 0.0939. The maximum absolute atomic E-state index is 12.4. The Hall–Kier alpha value is -1.03. The standard InChI is InChI=1S/C16H14BrCl2NO/c1-9-3-4-11(17)7-14(9)16(21)20-10(2)13-6-5-12(18)8-15(13)19/h3-8,10H,1-2H3,(H,20,21). The van der Waals surface area contributed by atoms with Gasteiger partial charge in [-0.05, 0) is 49.2 Å². The number of hydrogen-bond acceptors (Lipinski definition) is 1. The lowest BCUT2D eigenvalue weighted by atomic mass is 10.1. The lowest BCUT2D eigenvalue weighted by Crippen LogP contribution is -2.27. The molecule has 1 amide bonds. The van der Waals surface area contributed by atoms with Crippen LogP contribution in [0.4, 0.5) is 0 Å². The van der Waals surface area contributed by atoms with Crippen LogP contribution in [0.15, 0.2) is 40.9 Å². The molecule has 21 heavy (non-hydrogen) atoms. The molecule has 2 rings (SSSR count). The Bertz CT molecular complexity index is 688. The van der Waals surface area contributed by atoms with Crippen molar-refractivity contribution in [1.82, 2.24) is 5.32 Å². The van der Waals surface area contributed by atoms with Gasteiger partial charge in [-0.1, -0.05) is 51.3 Å². The van der Waals surface area contributed by atoms with E-state index in [0.29, 0.717) is 15.6 Å². The van der Waals surface area contributed by atoms with E-state index in [-0.39, 0.29) is 11.9 Å². The second kappa shape index (κ2) is 6.82. The Kier molecular flexibility index (Phi) is 5.31. The third-order valence-corrected chi connectivity index (χ3v) is 4.28. The van der Waals surface area contributed by atoms with E-state index in [2.05, 4.69) is 21.2 Å². The minimum Gasteiger partial charge on any atom is -0.345 e. The highest BCUT2D eigenvalue weighted by Crippen LogP contribution is 2.26. The fraction of sp³-hybridized carbons (Fsp3) is 0.188. The van der Waals surface area contributed by atoms with E-state index in [0.717, 1.165) is 15.6 Å². The second-order valence-corrected chi connectivity index (χ2v) is 6.58. The van der Waals surface area contributed by atoms with Crippen LogP contribution in [0.1, 0.15) is 34.5 Å². The fourth-order valence-electron chi connectivity index (χ4n) is 2.04. The van der Waals surface area contributed by atoms with Crippen molar-refractivity contribution in [3.8, 4) is 0 Å². The SMILES string of the molecule is Cc1ccc(Br)cc1C(=O)NC(C)c1ccc(Cl)cc1Cl. The molecule has 0 aliphatic carbocycles. The first-order valence-electron chi connectivity index (χ1n) is 6.40. The van der Waals surface area contributed by atoms with Gasteiger partial charge in [-0.15, -0.1) is 0 Å².